The van der Waals surface area contributed by atoms with E-state index >= 15 is 0 Å². The fraction of sp³-hybridized carbons (Fsp3) is 0.692. The van der Waals surface area contributed by atoms with E-state index in [1.807, 2.05) is 11.3 Å². The average Bonchev–Trinajstić information content (AvgIpc) is 2.62. The summed E-state index contributed by atoms with van der Waals surface area (Å²) in [6.45, 7) is 7.93. The highest BCUT2D eigenvalue weighted by Gasteiger charge is 2.30. The van der Waals surface area contributed by atoms with Crippen LogP contribution in [0.4, 0.5) is 5.00 Å². The van der Waals surface area contributed by atoms with Crippen LogP contribution in [0.25, 0.3) is 0 Å². The first-order valence-corrected chi connectivity index (χ1v) is 6.89. The van der Waals surface area contributed by atoms with Gasteiger partial charge in [-0.05, 0) is 57.2 Å². The van der Waals surface area contributed by atoms with Crippen LogP contribution in [-0.2, 0) is 0 Å². The number of thiophene rings is 1. The Hall–Kier alpha value is -0.540. The van der Waals surface area contributed by atoms with Crippen LogP contribution >= 0.6 is 11.3 Å². The lowest BCUT2D eigenvalue weighted by atomic mass is 9.88. The van der Waals surface area contributed by atoms with Crippen molar-refractivity contribution in [3.63, 3.8) is 0 Å². The van der Waals surface area contributed by atoms with Crippen molar-refractivity contribution in [1.82, 2.24) is 5.32 Å². The molecule has 1 aliphatic rings. The number of nitrogens with zero attached hydrogens (tertiary/aromatic N) is 1. The molecule has 1 saturated heterocycles. The number of nitrogens with one attached hydrogen (secondary N) is 1. The van der Waals surface area contributed by atoms with Crippen molar-refractivity contribution in [1.29, 1.82) is 0 Å². The lowest BCUT2D eigenvalue weighted by Gasteiger charge is -2.41. The highest BCUT2D eigenvalue weighted by Crippen LogP contribution is 2.31. The molecular weight excluding hydrogens is 216 g/mol. The van der Waals surface area contributed by atoms with E-state index in [0.717, 1.165) is 6.54 Å². The van der Waals surface area contributed by atoms with Gasteiger partial charge in [0.15, 0.2) is 0 Å². The molecule has 1 N–H and O–H groups in total. The maximum absolute atomic E-state index is 3.58. The van der Waals surface area contributed by atoms with Crippen molar-refractivity contribution < 1.29 is 0 Å². The number of aryl methyl sites for hydroxylation is 1. The van der Waals surface area contributed by atoms with Gasteiger partial charge in [-0.2, -0.15) is 0 Å². The maximum atomic E-state index is 3.58. The third kappa shape index (κ3) is 2.41. The maximum Gasteiger partial charge on any atom is 0.0938 e. The second-order valence-corrected chi connectivity index (χ2v) is 6.37. The average molecular weight is 238 g/mol. The SMILES string of the molecule is Cc1ccsc1N(C)C1CCNC(C)(C)C1. The van der Waals surface area contributed by atoms with Gasteiger partial charge in [0.2, 0.25) is 0 Å². The first kappa shape index (κ1) is 11.9. The summed E-state index contributed by atoms with van der Waals surface area (Å²) in [7, 11) is 2.24. The Labute approximate surface area is 103 Å². The van der Waals surface area contributed by atoms with E-state index in [-0.39, 0.29) is 5.54 Å². The van der Waals surface area contributed by atoms with Crippen LogP contribution in [0.1, 0.15) is 32.3 Å². The monoisotopic (exact) mass is 238 g/mol. The lowest BCUT2D eigenvalue weighted by molar-refractivity contribution is 0.272. The Morgan fingerprint density at radius 2 is 2.25 bits per heavy atom. The Balaban J connectivity index is 2.10. The van der Waals surface area contributed by atoms with Gasteiger partial charge in [0.05, 0.1) is 5.00 Å². The van der Waals surface area contributed by atoms with Gasteiger partial charge in [-0.25, -0.2) is 0 Å². The van der Waals surface area contributed by atoms with Crippen molar-refractivity contribution in [2.75, 3.05) is 18.5 Å². The van der Waals surface area contributed by atoms with E-state index < -0.39 is 0 Å². The fourth-order valence-electron chi connectivity index (χ4n) is 2.56. The minimum Gasteiger partial charge on any atom is -0.363 e. The third-order valence-electron chi connectivity index (χ3n) is 3.53. The quantitative estimate of drug-likeness (QED) is 0.852. The third-order valence-corrected chi connectivity index (χ3v) is 4.64. The summed E-state index contributed by atoms with van der Waals surface area (Å²) in [5, 5.41) is 7.20. The van der Waals surface area contributed by atoms with Crippen LogP contribution in [0, 0.1) is 6.92 Å². The Morgan fingerprint density at radius 3 is 2.81 bits per heavy atom. The van der Waals surface area contributed by atoms with E-state index in [2.05, 4.69) is 49.5 Å². The molecule has 0 amide bonds. The lowest BCUT2D eigenvalue weighted by Crippen LogP contribution is -2.52. The van der Waals surface area contributed by atoms with E-state index in [0.29, 0.717) is 6.04 Å². The fourth-order valence-corrected chi connectivity index (χ4v) is 3.53. The summed E-state index contributed by atoms with van der Waals surface area (Å²) in [6.07, 6.45) is 2.47. The van der Waals surface area contributed by atoms with Gasteiger partial charge >= 0.3 is 0 Å². The molecule has 1 fully saturated rings. The summed E-state index contributed by atoms with van der Waals surface area (Å²) in [6, 6.07) is 2.89. The molecule has 1 aliphatic heterocycles. The Morgan fingerprint density at radius 1 is 1.50 bits per heavy atom. The van der Waals surface area contributed by atoms with Crippen LogP contribution in [0.2, 0.25) is 0 Å². The van der Waals surface area contributed by atoms with Gasteiger partial charge < -0.3 is 10.2 Å². The van der Waals surface area contributed by atoms with Gasteiger partial charge in [0.25, 0.3) is 0 Å². The molecule has 0 saturated carbocycles. The molecule has 0 spiro atoms. The predicted molar refractivity (Wildman–Crippen MR) is 72.6 cm³/mol. The molecule has 1 unspecified atom stereocenters. The van der Waals surface area contributed by atoms with Gasteiger partial charge in [-0.3, -0.25) is 0 Å². The summed E-state index contributed by atoms with van der Waals surface area (Å²) in [5.74, 6) is 0. The predicted octanol–water partition coefficient (Wildman–Crippen LogP) is 3.02. The van der Waals surface area contributed by atoms with Crippen molar-refractivity contribution in [3.8, 4) is 0 Å². The van der Waals surface area contributed by atoms with E-state index in [9.17, 15) is 0 Å². The molecule has 0 bridgehead atoms. The van der Waals surface area contributed by atoms with E-state index in [1.54, 1.807) is 0 Å². The van der Waals surface area contributed by atoms with Gasteiger partial charge in [0, 0.05) is 18.6 Å². The van der Waals surface area contributed by atoms with Crippen LogP contribution in [-0.4, -0.2) is 25.2 Å². The number of anilines is 1. The highest BCUT2D eigenvalue weighted by molar-refractivity contribution is 7.14. The number of hydrogen-bond donors (Lipinski definition) is 1. The van der Waals surface area contributed by atoms with Crippen molar-refractivity contribution in [3.05, 3.63) is 17.0 Å². The molecule has 1 aromatic rings. The summed E-state index contributed by atoms with van der Waals surface area (Å²) in [5.41, 5.74) is 1.69. The smallest absolute Gasteiger partial charge is 0.0938 e. The minimum atomic E-state index is 0.280. The van der Waals surface area contributed by atoms with Crippen LogP contribution in [0.5, 0.6) is 0 Å². The van der Waals surface area contributed by atoms with Crippen LogP contribution in [0.15, 0.2) is 11.4 Å². The van der Waals surface area contributed by atoms with Crippen molar-refractivity contribution >= 4 is 16.3 Å². The molecule has 0 aromatic carbocycles. The zero-order valence-electron chi connectivity index (χ0n) is 10.7. The largest absolute Gasteiger partial charge is 0.363 e. The molecule has 3 heteroatoms. The molecule has 16 heavy (non-hydrogen) atoms. The Kier molecular flexibility index (Phi) is 3.27. The van der Waals surface area contributed by atoms with E-state index in [4.69, 9.17) is 0 Å². The van der Waals surface area contributed by atoms with E-state index in [1.165, 1.54) is 23.4 Å². The number of rotatable bonds is 2. The molecule has 0 radical (unpaired) electrons. The van der Waals surface area contributed by atoms with Crippen molar-refractivity contribution in [2.24, 2.45) is 0 Å². The first-order chi connectivity index (χ1) is 7.49. The standard InChI is InChI=1S/C13H22N2S/c1-10-6-8-16-12(10)15(4)11-5-7-14-13(2,3)9-11/h6,8,11,14H,5,7,9H2,1-4H3. The van der Waals surface area contributed by atoms with Crippen LogP contribution < -0.4 is 10.2 Å². The van der Waals surface area contributed by atoms with Gasteiger partial charge in [-0.15, -0.1) is 11.3 Å². The number of hydrogen-bond acceptors (Lipinski definition) is 3. The Bertz CT molecular complexity index is 357. The zero-order chi connectivity index (χ0) is 11.8. The first-order valence-electron chi connectivity index (χ1n) is 6.01. The second kappa shape index (κ2) is 4.38. The van der Waals surface area contributed by atoms with Crippen LogP contribution in [0.3, 0.4) is 0 Å². The number of piperidine rings is 1. The molecule has 1 atom stereocenters. The second-order valence-electron chi connectivity index (χ2n) is 5.48. The minimum absolute atomic E-state index is 0.280. The molecule has 2 rings (SSSR count). The molecule has 90 valence electrons. The van der Waals surface area contributed by atoms with Gasteiger partial charge in [-0.1, -0.05) is 0 Å². The summed E-state index contributed by atoms with van der Waals surface area (Å²) in [4.78, 5) is 2.47. The normalized spacial score (nSPS) is 24.4. The molecule has 2 heterocycles. The van der Waals surface area contributed by atoms with Gasteiger partial charge in [0.1, 0.15) is 0 Å². The summed E-state index contributed by atoms with van der Waals surface area (Å²) >= 11 is 1.86. The topological polar surface area (TPSA) is 15.3 Å². The summed E-state index contributed by atoms with van der Waals surface area (Å²) < 4.78 is 0. The molecular formula is C13H22N2S. The molecule has 1 aromatic heterocycles. The highest BCUT2D eigenvalue weighted by atomic mass is 32.1. The zero-order valence-corrected chi connectivity index (χ0v) is 11.5. The molecule has 0 aliphatic carbocycles. The molecule has 2 nitrogen and oxygen atoms in total. The van der Waals surface area contributed by atoms with Crippen molar-refractivity contribution in [2.45, 2.75) is 45.2 Å².